The molecule has 0 saturated heterocycles. The summed E-state index contributed by atoms with van der Waals surface area (Å²) in [6, 6.07) is 9.71. The van der Waals surface area contributed by atoms with Gasteiger partial charge in [-0.15, -0.1) is 0 Å². The van der Waals surface area contributed by atoms with Crippen LogP contribution in [0.2, 0.25) is 0 Å². The molecule has 2 aliphatic rings. The monoisotopic (exact) mass is 340 g/mol. The zero-order valence-corrected chi connectivity index (χ0v) is 13.6. The third-order valence-electron chi connectivity index (χ3n) is 5.08. The largest absolute Gasteiger partial charge is 0.490 e. The van der Waals surface area contributed by atoms with Crippen molar-refractivity contribution in [2.24, 2.45) is 5.92 Å². The minimum atomic E-state index is -0.432. The smallest absolute Gasteiger partial charge is 0.311 e. The maximum atomic E-state index is 13.7. The SMILES string of the molecule is COc1ccc([C@H]2Nc3ccc(F)cc3[C@@H]3C=CC[C@@H]23)cc1[N+](=O)[O-]. The quantitative estimate of drug-likeness (QED) is 0.505. The van der Waals surface area contributed by atoms with Gasteiger partial charge in [0.05, 0.1) is 18.1 Å². The van der Waals surface area contributed by atoms with Gasteiger partial charge in [0, 0.05) is 17.7 Å². The van der Waals surface area contributed by atoms with Gasteiger partial charge in [0.2, 0.25) is 0 Å². The predicted molar refractivity (Wildman–Crippen MR) is 92.4 cm³/mol. The van der Waals surface area contributed by atoms with Gasteiger partial charge in [-0.25, -0.2) is 4.39 Å². The van der Waals surface area contributed by atoms with Gasteiger partial charge >= 0.3 is 5.69 Å². The zero-order chi connectivity index (χ0) is 17.6. The Hall–Kier alpha value is -2.89. The molecule has 6 heteroatoms. The first-order valence-corrected chi connectivity index (χ1v) is 8.13. The van der Waals surface area contributed by atoms with Crippen LogP contribution in [0.4, 0.5) is 15.8 Å². The molecule has 0 amide bonds. The van der Waals surface area contributed by atoms with Gasteiger partial charge in [0.15, 0.2) is 5.75 Å². The Morgan fingerprint density at radius 1 is 1.28 bits per heavy atom. The highest BCUT2D eigenvalue weighted by molar-refractivity contribution is 5.61. The second kappa shape index (κ2) is 5.88. The molecule has 1 aliphatic carbocycles. The van der Waals surface area contributed by atoms with Crippen molar-refractivity contribution in [1.29, 1.82) is 0 Å². The summed E-state index contributed by atoms with van der Waals surface area (Å²) in [5.74, 6) is 0.298. The number of nitrogens with one attached hydrogen (secondary N) is 1. The fraction of sp³-hybridized carbons (Fsp3) is 0.263. The van der Waals surface area contributed by atoms with Crippen molar-refractivity contribution in [3.05, 3.63) is 75.6 Å². The van der Waals surface area contributed by atoms with Crippen LogP contribution in [0.1, 0.15) is 29.5 Å². The Balaban J connectivity index is 1.78. The molecule has 0 bridgehead atoms. The molecule has 0 saturated carbocycles. The summed E-state index contributed by atoms with van der Waals surface area (Å²) in [5.41, 5.74) is 2.60. The molecule has 1 heterocycles. The highest BCUT2D eigenvalue weighted by Crippen LogP contribution is 2.50. The summed E-state index contributed by atoms with van der Waals surface area (Å²) in [4.78, 5) is 10.9. The Labute approximate surface area is 144 Å². The van der Waals surface area contributed by atoms with E-state index in [1.807, 2.05) is 6.07 Å². The first-order chi connectivity index (χ1) is 12.1. The average Bonchev–Trinajstić information content (AvgIpc) is 3.10. The number of nitrogens with zero attached hydrogens (tertiary/aromatic N) is 1. The van der Waals surface area contributed by atoms with Gasteiger partial charge in [0.1, 0.15) is 5.82 Å². The van der Waals surface area contributed by atoms with Crippen LogP contribution in [0.25, 0.3) is 0 Å². The molecular formula is C19H17FN2O3. The van der Waals surface area contributed by atoms with Gasteiger partial charge in [-0.2, -0.15) is 0 Å². The number of benzene rings is 2. The third kappa shape index (κ3) is 2.54. The van der Waals surface area contributed by atoms with Gasteiger partial charge < -0.3 is 10.1 Å². The van der Waals surface area contributed by atoms with E-state index in [1.165, 1.54) is 13.2 Å². The molecule has 2 aromatic carbocycles. The van der Waals surface area contributed by atoms with Crippen LogP contribution in [0.15, 0.2) is 48.6 Å². The topological polar surface area (TPSA) is 64.4 Å². The molecule has 0 unspecified atom stereocenters. The number of methoxy groups -OCH3 is 1. The first kappa shape index (κ1) is 15.6. The van der Waals surface area contributed by atoms with Crippen LogP contribution in [0.5, 0.6) is 5.75 Å². The van der Waals surface area contributed by atoms with Crippen molar-refractivity contribution in [2.75, 3.05) is 12.4 Å². The summed E-state index contributed by atoms with van der Waals surface area (Å²) in [7, 11) is 1.42. The van der Waals surface area contributed by atoms with E-state index in [-0.39, 0.29) is 35.1 Å². The maximum Gasteiger partial charge on any atom is 0.311 e. The molecule has 1 N–H and O–H groups in total. The van der Waals surface area contributed by atoms with E-state index in [0.717, 1.165) is 23.2 Å². The zero-order valence-electron chi connectivity index (χ0n) is 13.6. The van der Waals surface area contributed by atoms with Crippen molar-refractivity contribution in [2.45, 2.75) is 18.4 Å². The number of hydrogen-bond donors (Lipinski definition) is 1. The summed E-state index contributed by atoms with van der Waals surface area (Å²) < 4.78 is 18.7. The number of halogens is 1. The second-order valence-corrected chi connectivity index (χ2v) is 6.40. The molecule has 5 nitrogen and oxygen atoms in total. The van der Waals surface area contributed by atoms with Gasteiger partial charge in [-0.3, -0.25) is 10.1 Å². The van der Waals surface area contributed by atoms with Gasteiger partial charge in [-0.05, 0) is 47.7 Å². The molecule has 25 heavy (non-hydrogen) atoms. The van der Waals surface area contributed by atoms with E-state index < -0.39 is 4.92 Å². The minimum absolute atomic E-state index is 0.0470. The van der Waals surface area contributed by atoms with Crippen LogP contribution < -0.4 is 10.1 Å². The molecule has 0 radical (unpaired) electrons. The number of fused-ring (bicyclic) bond motifs is 3. The Morgan fingerprint density at radius 3 is 2.88 bits per heavy atom. The van der Waals surface area contributed by atoms with Crippen LogP contribution >= 0.6 is 0 Å². The molecule has 0 spiro atoms. The van der Waals surface area contributed by atoms with Gasteiger partial charge in [-0.1, -0.05) is 18.2 Å². The lowest BCUT2D eigenvalue weighted by Gasteiger charge is -2.37. The van der Waals surface area contributed by atoms with Gasteiger partial charge in [0.25, 0.3) is 0 Å². The van der Waals surface area contributed by atoms with E-state index in [9.17, 15) is 14.5 Å². The lowest BCUT2D eigenvalue weighted by Crippen LogP contribution is -2.29. The van der Waals surface area contributed by atoms with Crippen LogP contribution in [-0.2, 0) is 0 Å². The maximum absolute atomic E-state index is 13.7. The van der Waals surface area contributed by atoms with Crippen LogP contribution in [0, 0.1) is 21.8 Å². The number of ether oxygens (including phenoxy) is 1. The number of anilines is 1. The molecule has 128 valence electrons. The van der Waals surface area contributed by atoms with E-state index in [4.69, 9.17) is 4.74 Å². The summed E-state index contributed by atoms with van der Waals surface area (Å²) >= 11 is 0. The lowest BCUT2D eigenvalue weighted by atomic mass is 9.77. The van der Waals surface area contributed by atoms with E-state index in [2.05, 4.69) is 17.5 Å². The van der Waals surface area contributed by atoms with Crippen LogP contribution in [-0.4, -0.2) is 12.0 Å². The van der Waals surface area contributed by atoms with E-state index in [1.54, 1.807) is 24.3 Å². The molecular weight excluding hydrogens is 323 g/mol. The average molecular weight is 340 g/mol. The van der Waals surface area contributed by atoms with Crippen molar-refractivity contribution < 1.29 is 14.1 Å². The Morgan fingerprint density at radius 2 is 2.12 bits per heavy atom. The number of hydrogen-bond acceptors (Lipinski definition) is 4. The number of allylic oxidation sites excluding steroid dienone is 2. The fourth-order valence-electron chi connectivity index (χ4n) is 3.94. The summed E-state index contributed by atoms with van der Waals surface area (Å²) in [6.07, 6.45) is 5.05. The number of rotatable bonds is 3. The number of nitro benzene ring substituents is 1. The highest BCUT2D eigenvalue weighted by Gasteiger charge is 2.38. The third-order valence-corrected chi connectivity index (χ3v) is 5.08. The molecule has 4 rings (SSSR count). The lowest BCUT2D eigenvalue weighted by molar-refractivity contribution is -0.385. The Bertz CT molecular complexity index is 881. The fourth-order valence-corrected chi connectivity index (χ4v) is 3.94. The van der Waals surface area contributed by atoms with Crippen molar-refractivity contribution in [1.82, 2.24) is 0 Å². The molecule has 0 aromatic heterocycles. The minimum Gasteiger partial charge on any atom is -0.490 e. The first-order valence-electron chi connectivity index (χ1n) is 8.13. The van der Waals surface area contributed by atoms with E-state index >= 15 is 0 Å². The Kier molecular flexibility index (Phi) is 3.67. The van der Waals surface area contributed by atoms with Crippen LogP contribution in [0.3, 0.4) is 0 Å². The van der Waals surface area contributed by atoms with Crippen molar-refractivity contribution in [3.8, 4) is 5.75 Å². The second-order valence-electron chi connectivity index (χ2n) is 6.40. The highest BCUT2D eigenvalue weighted by atomic mass is 19.1. The standard InChI is InChI=1S/C19H17FN2O3/c1-25-18-8-5-11(9-17(18)22(23)24)19-14-4-2-3-13(14)15-10-12(20)6-7-16(15)21-19/h2-3,5-10,13-14,19,21H,4H2,1H3/t13-,14-,19-/m1/s1. The predicted octanol–water partition coefficient (Wildman–Crippen LogP) is 4.57. The van der Waals surface area contributed by atoms with Crippen molar-refractivity contribution >= 4 is 11.4 Å². The van der Waals surface area contributed by atoms with Crippen molar-refractivity contribution in [3.63, 3.8) is 0 Å². The molecule has 2 aromatic rings. The molecule has 3 atom stereocenters. The molecule has 0 fully saturated rings. The summed E-state index contributed by atoms with van der Waals surface area (Å²) in [5, 5.41) is 14.8. The van der Waals surface area contributed by atoms with E-state index in [0.29, 0.717) is 0 Å². The summed E-state index contributed by atoms with van der Waals surface area (Å²) in [6.45, 7) is 0. The normalized spacial score (nSPS) is 23.5. The molecule has 1 aliphatic heterocycles. The number of nitro groups is 1.